The van der Waals surface area contributed by atoms with Crippen LogP contribution in [0.2, 0.25) is 0 Å². The van der Waals surface area contributed by atoms with Gasteiger partial charge in [-0.3, -0.25) is 0 Å². The highest BCUT2D eigenvalue weighted by Gasteiger charge is 2.18. The minimum Gasteiger partial charge on any atom is -0.377 e. The Labute approximate surface area is 108 Å². The van der Waals surface area contributed by atoms with Crippen LogP contribution in [0.3, 0.4) is 0 Å². The van der Waals surface area contributed by atoms with Gasteiger partial charge in [-0.05, 0) is 43.0 Å². The molecule has 0 saturated carbocycles. The van der Waals surface area contributed by atoms with E-state index >= 15 is 0 Å². The lowest BCUT2D eigenvalue weighted by Crippen LogP contribution is -2.34. The molecule has 3 nitrogen and oxygen atoms in total. The van der Waals surface area contributed by atoms with Gasteiger partial charge in [0.1, 0.15) is 5.82 Å². The van der Waals surface area contributed by atoms with E-state index in [9.17, 15) is 4.39 Å². The standard InChI is InChI=1S/C14H21FN2O/c1-10-7-11(15)4-5-13(10)14(8-16)17-9-12-3-2-6-18-12/h4-5,7,12,14,17H,2-3,6,8-9,16H2,1H3. The molecule has 100 valence electrons. The van der Waals surface area contributed by atoms with Crippen LogP contribution >= 0.6 is 0 Å². The van der Waals surface area contributed by atoms with Crippen LogP contribution in [0.25, 0.3) is 0 Å². The quantitative estimate of drug-likeness (QED) is 0.841. The fourth-order valence-electron chi connectivity index (χ4n) is 2.43. The predicted octanol–water partition coefficient (Wildman–Crippen LogP) is 1.90. The Kier molecular flexibility index (Phi) is 4.69. The van der Waals surface area contributed by atoms with E-state index in [0.29, 0.717) is 12.6 Å². The summed E-state index contributed by atoms with van der Waals surface area (Å²) in [6.45, 7) is 4.07. The van der Waals surface area contributed by atoms with Crippen LogP contribution in [-0.4, -0.2) is 25.8 Å². The summed E-state index contributed by atoms with van der Waals surface area (Å²) in [5.74, 6) is -0.203. The highest BCUT2D eigenvalue weighted by atomic mass is 19.1. The van der Waals surface area contributed by atoms with Crippen molar-refractivity contribution in [3.63, 3.8) is 0 Å². The smallest absolute Gasteiger partial charge is 0.123 e. The van der Waals surface area contributed by atoms with Gasteiger partial charge in [0, 0.05) is 25.7 Å². The molecule has 1 aliphatic rings. The molecule has 1 saturated heterocycles. The molecule has 0 bridgehead atoms. The minimum atomic E-state index is -0.203. The van der Waals surface area contributed by atoms with Gasteiger partial charge >= 0.3 is 0 Å². The summed E-state index contributed by atoms with van der Waals surface area (Å²) >= 11 is 0. The summed E-state index contributed by atoms with van der Waals surface area (Å²) in [6.07, 6.45) is 2.53. The summed E-state index contributed by atoms with van der Waals surface area (Å²) in [4.78, 5) is 0. The van der Waals surface area contributed by atoms with Gasteiger partial charge in [-0.15, -0.1) is 0 Å². The van der Waals surface area contributed by atoms with Crippen molar-refractivity contribution < 1.29 is 9.13 Å². The molecule has 2 rings (SSSR count). The molecule has 1 aromatic carbocycles. The van der Waals surface area contributed by atoms with Gasteiger partial charge in [0.15, 0.2) is 0 Å². The minimum absolute atomic E-state index is 0.0646. The van der Waals surface area contributed by atoms with E-state index in [4.69, 9.17) is 10.5 Å². The van der Waals surface area contributed by atoms with Gasteiger partial charge in [0.2, 0.25) is 0 Å². The van der Waals surface area contributed by atoms with Crippen molar-refractivity contribution in [2.24, 2.45) is 5.73 Å². The van der Waals surface area contributed by atoms with Gasteiger partial charge in [-0.1, -0.05) is 6.07 Å². The zero-order valence-corrected chi connectivity index (χ0v) is 10.8. The first-order valence-corrected chi connectivity index (χ1v) is 6.52. The zero-order valence-electron chi connectivity index (χ0n) is 10.8. The monoisotopic (exact) mass is 252 g/mol. The fraction of sp³-hybridized carbons (Fsp3) is 0.571. The first-order chi connectivity index (χ1) is 8.70. The van der Waals surface area contributed by atoms with Crippen molar-refractivity contribution in [2.75, 3.05) is 19.7 Å². The molecule has 4 heteroatoms. The first kappa shape index (κ1) is 13.5. The van der Waals surface area contributed by atoms with Crippen LogP contribution in [0.5, 0.6) is 0 Å². The molecule has 1 fully saturated rings. The molecule has 0 aliphatic carbocycles. The fourth-order valence-corrected chi connectivity index (χ4v) is 2.43. The average Bonchev–Trinajstić information content (AvgIpc) is 2.85. The van der Waals surface area contributed by atoms with Gasteiger partial charge in [0.05, 0.1) is 6.10 Å². The molecule has 0 amide bonds. The molecule has 1 heterocycles. The first-order valence-electron chi connectivity index (χ1n) is 6.52. The molecule has 2 atom stereocenters. The van der Waals surface area contributed by atoms with Crippen molar-refractivity contribution in [3.05, 3.63) is 35.1 Å². The number of hydrogen-bond acceptors (Lipinski definition) is 3. The molecule has 0 aromatic heterocycles. The maximum Gasteiger partial charge on any atom is 0.123 e. The molecule has 1 aliphatic heterocycles. The van der Waals surface area contributed by atoms with Gasteiger partial charge < -0.3 is 15.8 Å². The van der Waals surface area contributed by atoms with E-state index in [1.54, 1.807) is 6.07 Å². The second-order valence-corrected chi connectivity index (χ2v) is 4.83. The molecule has 18 heavy (non-hydrogen) atoms. The number of nitrogens with one attached hydrogen (secondary N) is 1. The van der Waals surface area contributed by atoms with Crippen LogP contribution in [-0.2, 0) is 4.74 Å². The second kappa shape index (κ2) is 6.27. The van der Waals surface area contributed by atoms with Crippen molar-refractivity contribution in [1.29, 1.82) is 0 Å². The summed E-state index contributed by atoms with van der Waals surface area (Å²) in [7, 11) is 0. The van der Waals surface area contributed by atoms with Crippen LogP contribution < -0.4 is 11.1 Å². The van der Waals surface area contributed by atoms with E-state index in [-0.39, 0.29) is 11.9 Å². The third-order valence-corrected chi connectivity index (χ3v) is 3.46. The highest BCUT2D eigenvalue weighted by Crippen LogP contribution is 2.19. The molecular weight excluding hydrogens is 231 g/mol. The van der Waals surface area contributed by atoms with Gasteiger partial charge in [0.25, 0.3) is 0 Å². The summed E-state index contributed by atoms with van der Waals surface area (Å²) in [5.41, 5.74) is 7.80. The number of hydrogen-bond donors (Lipinski definition) is 2. The van der Waals surface area contributed by atoms with Crippen LogP contribution in [0.4, 0.5) is 4.39 Å². The lowest BCUT2D eigenvalue weighted by atomic mass is 10.0. The maximum absolute atomic E-state index is 13.1. The van der Waals surface area contributed by atoms with E-state index in [2.05, 4.69) is 5.32 Å². The Hall–Kier alpha value is -0.970. The number of rotatable bonds is 5. The number of halogens is 1. The lowest BCUT2D eigenvalue weighted by Gasteiger charge is -2.21. The highest BCUT2D eigenvalue weighted by molar-refractivity contribution is 5.29. The van der Waals surface area contributed by atoms with Crippen molar-refractivity contribution in [3.8, 4) is 0 Å². The van der Waals surface area contributed by atoms with E-state index in [1.165, 1.54) is 6.07 Å². The molecule has 0 radical (unpaired) electrons. The third-order valence-electron chi connectivity index (χ3n) is 3.46. The SMILES string of the molecule is Cc1cc(F)ccc1C(CN)NCC1CCCO1. The predicted molar refractivity (Wildman–Crippen MR) is 69.9 cm³/mol. The number of ether oxygens (including phenoxy) is 1. The average molecular weight is 252 g/mol. The normalized spacial score (nSPS) is 21.2. The van der Waals surface area contributed by atoms with E-state index in [1.807, 2.05) is 13.0 Å². The Morgan fingerprint density at radius 1 is 1.56 bits per heavy atom. The van der Waals surface area contributed by atoms with E-state index in [0.717, 1.165) is 37.1 Å². The van der Waals surface area contributed by atoms with Crippen molar-refractivity contribution in [2.45, 2.75) is 31.9 Å². The number of benzene rings is 1. The van der Waals surface area contributed by atoms with E-state index < -0.39 is 0 Å². The molecule has 0 spiro atoms. The largest absolute Gasteiger partial charge is 0.377 e. The Morgan fingerprint density at radius 3 is 3.00 bits per heavy atom. The molecule has 1 aromatic rings. The Morgan fingerprint density at radius 2 is 2.39 bits per heavy atom. The third kappa shape index (κ3) is 3.28. The van der Waals surface area contributed by atoms with Gasteiger partial charge in [-0.2, -0.15) is 0 Å². The Balaban J connectivity index is 1.98. The second-order valence-electron chi connectivity index (χ2n) is 4.83. The molecule has 3 N–H and O–H groups in total. The summed E-state index contributed by atoms with van der Waals surface area (Å²) in [5, 5.41) is 3.42. The number of aryl methyl sites for hydroxylation is 1. The lowest BCUT2D eigenvalue weighted by molar-refractivity contribution is 0.107. The topological polar surface area (TPSA) is 47.3 Å². The van der Waals surface area contributed by atoms with Crippen LogP contribution in [0.1, 0.15) is 30.0 Å². The maximum atomic E-state index is 13.1. The number of nitrogens with two attached hydrogens (primary N) is 1. The summed E-state index contributed by atoms with van der Waals surface area (Å²) in [6, 6.07) is 4.91. The van der Waals surface area contributed by atoms with Crippen LogP contribution in [0.15, 0.2) is 18.2 Å². The van der Waals surface area contributed by atoms with Crippen LogP contribution in [0, 0.1) is 12.7 Å². The van der Waals surface area contributed by atoms with Crippen molar-refractivity contribution in [1.82, 2.24) is 5.32 Å². The Bertz CT molecular complexity index is 391. The molecular formula is C14H21FN2O. The zero-order chi connectivity index (χ0) is 13.0. The van der Waals surface area contributed by atoms with Crippen molar-refractivity contribution >= 4 is 0 Å². The summed E-state index contributed by atoms with van der Waals surface area (Å²) < 4.78 is 18.6. The van der Waals surface area contributed by atoms with Gasteiger partial charge in [-0.25, -0.2) is 4.39 Å². The molecule has 2 unspecified atom stereocenters.